The van der Waals surface area contributed by atoms with Crippen LogP contribution in [0.1, 0.15) is 24.0 Å². The number of morpholine rings is 1. The molecule has 0 saturated carbocycles. The molecule has 2 aromatic carbocycles. The molecule has 2 bridgehead atoms. The Morgan fingerprint density at radius 1 is 1.04 bits per heavy atom. The van der Waals surface area contributed by atoms with Gasteiger partial charge in [-0.2, -0.15) is 0 Å². The fourth-order valence-electron chi connectivity index (χ4n) is 4.23. The minimum atomic E-state index is -0.793. The Morgan fingerprint density at radius 3 is 2.28 bits per heavy atom. The largest absolute Gasteiger partial charge is 0.497 e. The van der Waals surface area contributed by atoms with Crippen LogP contribution in [0.3, 0.4) is 0 Å². The fourth-order valence-corrected chi connectivity index (χ4v) is 4.23. The number of piperidine rings is 1. The van der Waals surface area contributed by atoms with Crippen molar-refractivity contribution in [3.63, 3.8) is 0 Å². The zero-order valence-electron chi connectivity index (χ0n) is 14.6. The molecule has 4 nitrogen and oxygen atoms in total. The van der Waals surface area contributed by atoms with Crippen molar-refractivity contribution in [1.82, 2.24) is 4.90 Å². The highest BCUT2D eigenvalue weighted by Gasteiger charge is 2.46. The zero-order valence-corrected chi connectivity index (χ0v) is 14.6. The maximum absolute atomic E-state index is 11.4. The fraction of sp³-hybridized carbons (Fsp3) is 0.429. The number of ether oxygens (including phenoxy) is 2. The van der Waals surface area contributed by atoms with Crippen LogP contribution in [-0.4, -0.2) is 42.4 Å². The lowest BCUT2D eigenvalue weighted by atomic mass is 9.76. The van der Waals surface area contributed by atoms with Gasteiger partial charge in [-0.25, -0.2) is 0 Å². The lowest BCUT2D eigenvalue weighted by Gasteiger charge is -2.52. The number of nitrogens with zero attached hydrogens (tertiary/aromatic N) is 1. The molecule has 0 amide bonds. The predicted octanol–water partition coefficient (Wildman–Crippen LogP) is 2.95. The zero-order chi connectivity index (χ0) is 17.3. The van der Waals surface area contributed by atoms with Gasteiger partial charge >= 0.3 is 0 Å². The molecule has 2 aliphatic heterocycles. The standard InChI is InChI=1S/C21H25NO3/c1-24-20-9-7-17(8-10-20)21(23)11-18-14-25-15-19(12-21)22(18)13-16-5-3-2-4-6-16/h2-10,18-19,23H,11-15H2,1H3. The van der Waals surface area contributed by atoms with Gasteiger partial charge in [-0.1, -0.05) is 42.5 Å². The monoisotopic (exact) mass is 339 g/mol. The van der Waals surface area contributed by atoms with Crippen molar-refractivity contribution in [3.8, 4) is 5.75 Å². The lowest BCUT2D eigenvalue weighted by Crippen LogP contribution is -2.60. The second-order valence-electron chi connectivity index (χ2n) is 7.17. The van der Waals surface area contributed by atoms with E-state index in [1.807, 2.05) is 30.3 Å². The average Bonchev–Trinajstić information content (AvgIpc) is 2.64. The number of hydrogen-bond acceptors (Lipinski definition) is 4. The normalized spacial score (nSPS) is 29.4. The van der Waals surface area contributed by atoms with E-state index in [4.69, 9.17) is 9.47 Å². The van der Waals surface area contributed by atoms with E-state index in [2.05, 4.69) is 29.2 Å². The summed E-state index contributed by atoms with van der Waals surface area (Å²) in [4.78, 5) is 2.51. The lowest BCUT2D eigenvalue weighted by molar-refractivity contribution is -0.149. The number of hydrogen-bond donors (Lipinski definition) is 1. The highest BCUT2D eigenvalue weighted by molar-refractivity contribution is 5.32. The Hall–Kier alpha value is -1.88. The van der Waals surface area contributed by atoms with Crippen LogP contribution >= 0.6 is 0 Å². The summed E-state index contributed by atoms with van der Waals surface area (Å²) >= 11 is 0. The van der Waals surface area contributed by atoms with E-state index in [0.29, 0.717) is 26.1 Å². The van der Waals surface area contributed by atoms with E-state index in [0.717, 1.165) is 17.9 Å². The first kappa shape index (κ1) is 16.6. The van der Waals surface area contributed by atoms with Crippen LogP contribution < -0.4 is 4.74 Å². The third kappa shape index (κ3) is 3.30. The number of methoxy groups -OCH3 is 1. The second-order valence-corrected chi connectivity index (χ2v) is 7.17. The van der Waals surface area contributed by atoms with Gasteiger partial charge in [0.1, 0.15) is 5.75 Å². The second kappa shape index (κ2) is 6.79. The Balaban J connectivity index is 1.55. The van der Waals surface area contributed by atoms with Crippen LogP contribution in [-0.2, 0) is 16.9 Å². The molecule has 2 saturated heterocycles. The Bertz CT molecular complexity index is 687. The molecule has 0 spiro atoms. The first-order valence-electron chi connectivity index (χ1n) is 8.92. The van der Waals surface area contributed by atoms with Crippen molar-refractivity contribution >= 4 is 0 Å². The molecule has 1 N–H and O–H groups in total. The van der Waals surface area contributed by atoms with Gasteiger partial charge in [0.05, 0.1) is 25.9 Å². The Labute approximate surface area is 149 Å². The van der Waals surface area contributed by atoms with E-state index < -0.39 is 5.60 Å². The highest BCUT2D eigenvalue weighted by atomic mass is 16.5. The van der Waals surface area contributed by atoms with Crippen molar-refractivity contribution in [2.75, 3.05) is 20.3 Å². The van der Waals surface area contributed by atoms with Crippen molar-refractivity contribution < 1.29 is 14.6 Å². The van der Waals surface area contributed by atoms with Crippen molar-refractivity contribution in [1.29, 1.82) is 0 Å². The van der Waals surface area contributed by atoms with E-state index in [9.17, 15) is 5.11 Å². The summed E-state index contributed by atoms with van der Waals surface area (Å²) in [6, 6.07) is 18.8. The molecule has 4 heteroatoms. The van der Waals surface area contributed by atoms with Crippen molar-refractivity contribution in [2.45, 2.75) is 37.1 Å². The molecule has 2 atom stereocenters. The summed E-state index contributed by atoms with van der Waals surface area (Å²) in [5.74, 6) is 0.817. The SMILES string of the molecule is COc1ccc(C2(O)CC3COCC(C2)N3Cc2ccccc2)cc1. The minimum absolute atomic E-state index is 0.236. The van der Waals surface area contributed by atoms with Crippen molar-refractivity contribution in [2.24, 2.45) is 0 Å². The molecule has 132 valence electrons. The van der Waals surface area contributed by atoms with Gasteiger partial charge in [-0.3, -0.25) is 4.90 Å². The molecule has 2 unspecified atom stereocenters. The molecule has 2 fully saturated rings. The summed E-state index contributed by atoms with van der Waals surface area (Å²) in [5, 5.41) is 11.4. The molecule has 2 heterocycles. The molecule has 2 aromatic rings. The first-order chi connectivity index (χ1) is 12.2. The Kier molecular flexibility index (Phi) is 4.50. The van der Waals surface area contributed by atoms with Gasteiger partial charge in [-0.05, 0) is 36.1 Å². The topological polar surface area (TPSA) is 41.9 Å². The average molecular weight is 339 g/mol. The molecule has 2 aliphatic rings. The van der Waals surface area contributed by atoms with Crippen molar-refractivity contribution in [3.05, 3.63) is 65.7 Å². The molecular weight excluding hydrogens is 314 g/mol. The van der Waals surface area contributed by atoms with E-state index in [1.54, 1.807) is 7.11 Å². The molecule has 0 aromatic heterocycles. The number of rotatable bonds is 4. The van der Waals surface area contributed by atoms with Crippen LogP contribution in [0.25, 0.3) is 0 Å². The molecule has 0 aliphatic carbocycles. The summed E-state index contributed by atoms with van der Waals surface area (Å²) in [5.41, 5.74) is 1.50. The van der Waals surface area contributed by atoms with E-state index in [1.165, 1.54) is 5.56 Å². The highest BCUT2D eigenvalue weighted by Crippen LogP contribution is 2.41. The van der Waals surface area contributed by atoms with Gasteiger partial charge in [0.2, 0.25) is 0 Å². The van der Waals surface area contributed by atoms with E-state index in [-0.39, 0.29) is 12.1 Å². The summed E-state index contributed by atoms with van der Waals surface area (Å²) < 4.78 is 11.0. The van der Waals surface area contributed by atoms with Crippen LogP contribution in [0.15, 0.2) is 54.6 Å². The van der Waals surface area contributed by atoms with Gasteiger partial charge in [0.15, 0.2) is 0 Å². The smallest absolute Gasteiger partial charge is 0.118 e. The third-order valence-corrected chi connectivity index (χ3v) is 5.54. The van der Waals surface area contributed by atoms with Crippen LogP contribution in [0, 0.1) is 0 Å². The molecular formula is C21H25NO3. The Morgan fingerprint density at radius 2 is 1.68 bits per heavy atom. The summed E-state index contributed by atoms with van der Waals surface area (Å²) in [6.07, 6.45) is 1.39. The van der Waals surface area contributed by atoms with Gasteiger partial charge in [0, 0.05) is 18.6 Å². The van der Waals surface area contributed by atoms with Crippen LogP contribution in [0.5, 0.6) is 5.75 Å². The molecule has 4 rings (SSSR count). The summed E-state index contributed by atoms with van der Waals surface area (Å²) in [6.45, 7) is 2.28. The maximum atomic E-state index is 11.4. The predicted molar refractivity (Wildman–Crippen MR) is 96.5 cm³/mol. The number of aliphatic hydroxyl groups is 1. The van der Waals surface area contributed by atoms with Crippen LogP contribution in [0.4, 0.5) is 0 Å². The van der Waals surface area contributed by atoms with Crippen LogP contribution in [0.2, 0.25) is 0 Å². The third-order valence-electron chi connectivity index (χ3n) is 5.54. The quantitative estimate of drug-likeness (QED) is 0.930. The first-order valence-corrected chi connectivity index (χ1v) is 8.92. The van der Waals surface area contributed by atoms with Gasteiger partial charge < -0.3 is 14.6 Å². The summed E-state index contributed by atoms with van der Waals surface area (Å²) in [7, 11) is 1.66. The van der Waals surface area contributed by atoms with Gasteiger partial charge in [-0.15, -0.1) is 0 Å². The van der Waals surface area contributed by atoms with E-state index >= 15 is 0 Å². The maximum Gasteiger partial charge on any atom is 0.118 e. The van der Waals surface area contributed by atoms with Gasteiger partial charge in [0.25, 0.3) is 0 Å². The molecule has 25 heavy (non-hydrogen) atoms. The molecule has 0 radical (unpaired) electrons. The minimum Gasteiger partial charge on any atom is -0.497 e. The number of fused-ring (bicyclic) bond motifs is 2. The number of benzene rings is 2.